The van der Waals surface area contributed by atoms with Crippen molar-refractivity contribution in [3.63, 3.8) is 0 Å². The second-order valence-corrected chi connectivity index (χ2v) is 5.53. The van der Waals surface area contributed by atoms with Gasteiger partial charge in [0, 0.05) is 10.0 Å². The molecule has 0 fully saturated rings. The number of nitrogens with one attached hydrogen (secondary N) is 1. The normalized spacial score (nSPS) is 15.3. The Kier molecular flexibility index (Phi) is 3.31. The Labute approximate surface area is 127 Å². The van der Waals surface area contributed by atoms with E-state index in [2.05, 4.69) is 26.2 Å². The van der Waals surface area contributed by atoms with E-state index in [1.54, 1.807) is 12.1 Å². The molecule has 0 saturated carbocycles. The maximum atomic E-state index is 13.1. The first kappa shape index (κ1) is 13.3. The summed E-state index contributed by atoms with van der Waals surface area (Å²) in [5.41, 5.74) is 2.10. The first-order chi connectivity index (χ1) is 9.54. The fourth-order valence-corrected chi connectivity index (χ4v) is 2.46. The van der Waals surface area contributed by atoms with Gasteiger partial charge in [-0.2, -0.15) is 0 Å². The van der Waals surface area contributed by atoms with E-state index in [-0.39, 0.29) is 16.6 Å². The van der Waals surface area contributed by atoms with Gasteiger partial charge < -0.3 is 5.32 Å². The van der Waals surface area contributed by atoms with Gasteiger partial charge in [0.1, 0.15) is 11.5 Å². The average Bonchev–Trinajstić information content (AvgIpc) is 2.70. The number of rotatable bonds is 1. The molecular weight excluding hydrogens is 347 g/mol. The van der Waals surface area contributed by atoms with Gasteiger partial charge in [-0.05, 0) is 36.4 Å². The first-order valence-electron chi connectivity index (χ1n) is 5.69. The number of hydrogen-bond donors (Lipinski definition) is 1. The van der Waals surface area contributed by atoms with Gasteiger partial charge >= 0.3 is 0 Å². The smallest absolute Gasteiger partial charge is 0.275 e. The van der Waals surface area contributed by atoms with E-state index >= 15 is 0 Å². The molecule has 20 heavy (non-hydrogen) atoms. The zero-order valence-electron chi connectivity index (χ0n) is 9.95. The predicted molar refractivity (Wildman–Crippen MR) is 80.4 cm³/mol. The number of anilines is 1. The number of hydrogen-bond acceptors (Lipinski definition) is 2. The lowest BCUT2D eigenvalue weighted by atomic mass is 10.1. The highest BCUT2D eigenvalue weighted by Gasteiger charge is 2.26. The van der Waals surface area contributed by atoms with Crippen LogP contribution in [0.3, 0.4) is 0 Å². The topological polar surface area (TPSA) is 41.5 Å². The van der Waals surface area contributed by atoms with Gasteiger partial charge in [-0.25, -0.2) is 9.38 Å². The number of amides is 1. The van der Waals surface area contributed by atoms with E-state index in [9.17, 15) is 9.18 Å². The SMILES string of the molecule is O=C1Nc2ccc(Br)cc2C1=Nc1ccc(F)c(Cl)c1. The van der Waals surface area contributed by atoms with Gasteiger partial charge in [-0.15, -0.1) is 0 Å². The van der Waals surface area contributed by atoms with Crippen LogP contribution in [-0.4, -0.2) is 11.6 Å². The fraction of sp³-hybridized carbons (Fsp3) is 0. The summed E-state index contributed by atoms with van der Waals surface area (Å²) in [6.07, 6.45) is 0. The Morgan fingerprint density at radius 1 is 1.20 bits per heavy atom. The lowest BCUT2D eigenvalue weighted by Crippen LogP contribution is -2.13. The van der Waals surface area contributed by atoms with Gasteiger partial charge in [-0.1, -0.05) is 27.5 Å². The zero-order valence-corrected chi connectivity index (χ0v) is 12.3. The van der Waals surface area contributed by atoms with Crippen LogP contribution in [0.4, 0.5) is 15.8 Å². The van der Waals surface area contributed by atoms with Crippen molar-refractivity contribution in [2.45, 2.75) is 0 Å². The first-order valence-corrected chi connectivity index (χ1v) is 6.87. The van der Waals surface area contributed by atoms with Crippen LogP contribution in [0.25, 0.3) is 0 Å². The second-order valence-electron chi connectivity index (χ2n) is 4.20. The van der Waals surface area contributed by atoms with E-state index in [0.717, 1.165) is 4.47 Å². The molecule has 3 rings (SSSR count). The molecule has 1 amide bonds. The lowest BCUT2D eigenvalue weighted by molar-refractivity contribution is -0.110. The minimum atomic E-state index is -0.519. The van der Waals surface area contributed by atoms with Crippen LogP contribution in [0.5, 0.6) is 0 Å². The van der Waals surface area contributed by atoms with Crippen molar-refractivity contribution in [2.24, 2.45) is 4.99 Å². The Morgan fingerprint density at radius 2 is 2.00 bits per heavy atom. The predicted octanol–water partition coefficient (Wildman–Crippen LogP) is 4.31. The number of carbonyl (C=O) groups excluding carboxylic acids is 1. The molecule has 0 radical (unpaired) electrons. The van der Waals surface area contributed by atoms with Crippen molar-refractivity contribution < 1.29 is 9.18 Å². The largest absolute Gasteiger partial charge is 0.320 e. The van der Waals surface area contributed by atoms with Gasteiger partial charge in [0.25, 0.3) is 5.91 Å². The van der Waals surface area contributed by atoms with Crippen molar-refractivity contribution in [1.82, 2.24) is 0 Å². The summed E-state index contributed by atoms with van der Waals surface area (Å²) < 4.78 is 14.0. The van der Waals surface area contributed by atoms with Crippen molar-refractivity contribution in [2.75, 3.05) is 5.32 Å². The third kappa shape index (κ3) is 2.34. The van der Waals surface area contributed by atoms with Crippen LogP contribution < -0.4 is 5.32 Å². The summed E-state index contributed by atoms with van der Waals surface area (Å²) in [7, 11) is 0. The van der Waals surface area contributed by atoms with Crippen LogP contribution in [0.2, 0.25) is 5.02 Å². The molecule has 1 aliphatic heterocycles. The number of nitrogens with zero attached hydrogens (tertiary/aromatic N) is 1. The molecular formula is C14H7BrClFN2O. The molecule has 2 aromatic carbocycles. The molecule has 2 aromatic rings. The quantitative estimate of drug-likeness (QED) is 0.815. The molecule has 0 spiro atoms. The number of benzene rings is 2. The van der Waals surface area contributed by atoms with E-state index in [4.69, 9.17) is 11.6 Å². The number of halogens is 3. The van der Waals surface area contributed by atoms with Crippen LogP contribution in [0.1, 0.15) is 5.56 Å². The van der Waals surface area contributed by atoms with Crippen molar-refractivity contribution in [3.8, 4) is 0 Å². The fourth-order valence-electron chi connectivity index (χ4n) is 1.92. The molecule has 0 saturated heterocycles. The zero-order chi connectivity index (χ0) is 14.3. The Bertz CT molecular complexity index is 761. The molecule has 1 aliphatic rings. The molecule has 0 unspecified atom stereocenters. The molecule has 0 bridgehead atoms. The number of aliphatic imine (C=N–C) groups is 1. The molecule has 0 aliphatic carbocycles. The summed E-state index contributed by atoms with van der Waals surface area (Å²) in [6.45, 7) is 0. The van der Waals surface area contributed by atoms with Crippen molar-refractivity contribution >= 4 is 50.5 Å². The Morgan fingerprint density at radius 3 is 2.75 bits per heavy atom. The second kappa shape index (κ2) is 5.00. The van der Waals surface area contributed by atoms with Crippen molar-refractivity contribution in [3.05, 3.63) is 57.3 Å². The summed E-state index contributed by atoms with van der Waals surface area (Å²) in [5, 5.41) is 2.70. The monoisotopic (exact) mass is 352 g/mol. The van der Waals surface area contributed by atoms with Crippen LogP contribution in [0, 0.1) is 5.82 Å². The maximum absolute atomic E-state index is 13.1. The summed E-state index contributed by atoms with van der Waals surface area (Å²) in [6, 6.07) is 9.49. The Hall–Kier alpha value is -1.72. The standard InChI is InChI=1S/C14H7BrClFN2O/c15-7-1-4-12-9(5-7)13(14(20)19-12)18-8-2-3-11(17)10(16)6-8/h1-6H,(H,18,19,20). The van der Waals surface area contributed by atoms with Gasteiger partial charge in [0.2, 0.25) is 0 Å². The highest BCUT2D eigenvalue weighted by molar-refractivity contribution is 9.10. The van der Waals surface area contributed by atoms with Crippen LogP contribution in [0.15, 0.2) is 45.9 Å². The van der Waals surface area contributed by atoms with Gasteiger partial charge in [-0.3, -0.25) is 4.79 Å². The molecule has 100 valence electrons. The summed E-state index contributed by atoms with van der Waals surface area (Å²) in [4.78, 5) is 16.2. The molecule has 1 heterocycles. The van der Waals surface area contributed by atoms with E-state index in [0.29, 0.717) is 16.9 Å². The van der Waals surface area contributed by atoms with Gasteiger partial charge in [0.05, 0.1) is 16.4 Å². The summed E-state index contributed by atoms with van der Waals surface area (Å²) >= 11 is 9.06. The summed E-state index contributed by atoms with van der Waals surface area (Å²) in [5.74, 6) is -0.812. The number of fused-ring (bicyclic) bond motifs is 1. The van der Waals surface area contributed by atoms with Crippen LogP contribution >= 0.6 is 27.5 Å². The van der Waals surface area contributed by atoms with E-state index in [1.165, 1.54) is 18.2 Å². The highest BCUT2D eigenvalue weighted by atomic mass is 79.9. The van der Waals surface area contributed by atoms with Gasteiger partial charge in [0.15, 0.2) is 0 Å². The third-order valence-electron chi connectivity index (χ3n) is 2.84. The maximum Gasteiger partial charge on any atom is 0.275 e. The van der Waals surface area contributed by atoms with Crippen molar-refractivity contribution in [1.29, 1.82) is 0 Å². The molecule has 3 nitrogen and oxygen atoms in total. The molecule has 0 atom stereocenters. The average molecular weight is 354 g/mol. The third-order valence-corrected chi connectivity index (χ3v) is 3.63. The molecule has 6 heteroatoms. The van der Waals surface area contributed by atoms with Crippen LogP contribution in [-0.2, 0) is 4.79 Å². The highest BCUT2D eigenvalue weighted by Crippen LogP contribution is 2.29. The Balaban J connectivity index is 2.10. The number of carbonyl (C=O) groups is 1. The lowest BCUT2D eigenvalue weighted by Gasteiger charge is -2.00. The minimum Gasteiger partial charge on any atom is -0.320 e. The van der Waals surface area contributed by atoms with E-state index in [1.807, 2.05) is 6.07 Å². The van der Waals surface area contributed by atoms with E-state index < -0.39 is 5.82 Å². The molecule has 1 N–H and O–H groups in total. The minimum absolute atomic E-state index is 0.0280. The molecule has 0 aromatic heterocycles.